The molecule has 6 heteroatoms. The number of halogens is 1. The molecule has 34 heavy (non-hydrogen) atoms. The smallest absolute Gasteiger partial charge is 0.278 e. The number of hydrogen-bond donors (Lipinski definition) is 1. The third-order valence-corrected chi connectivity index (χ3v) is 5.75. The van der Waals surface area contributed by atoms with E-state index in [-0.39, 0.29) is 29.5 Å². The first-order valence-corrected chi connectivity index (χ1v) is 11.2. The van der Waals surface area contributed by atoms with Gasteiger partial charge in [0.05, 0.1) is 18.2 Å². The number of carbonyl (C=O) groups excluding carboxylic acids is 2. The lowest BCUT2D eigenvalue weighted by Crippen LogP contribution is -2.32. The van der Waals surface area contributed by atoms with Crippen LogP contribution in [0.3, 0.4) is 0 Å². The van der Waals surface area contributed by atoms with Gasteiger partial charge in [0.25, 0.3) is 11.8 Å². The highest BCUT2D eigenvalue weighted by molar-refractivity contribution is 6.36. The SMILES string of the molecule is Cc1ccc(C2=C(Nc3ccc(OC(C)C)cc3)C(=O)N(Cc3ccccc3F)C2=O)cc1C. The molecule has 2 amide bonds. The number of amides is 2. The first-order valence-electron chi connectivity index (χ1n) is 11.2. The van der Waals surface area contributed by atoms with Crippen molar-refractivity contribution in [3.63, 3.8) is 0 Å². The minimum atomic E-state index is -0.496. The van der Waals surface area contributed by atoms with Crippen LogP contribution in [0.4, 0.5) is 10.1 Å². The van der Waals surface area contributed by atoms with Gasteiger partial charge in [-0.3, -0.25) is 14.5 Å². The van der Waals surface area contributed by atoms with E-state index in [0.717, 1.165) is 16.0 Å². The van der Waals surface area contributed by atoms with Crippen molar-refractivity contribution >= 4 is 23.1 Å². The van der Waals surface area contributed by atoms with Gasteiger partial charge in [-0.15, -0.1) is 0 Å². The Bertz CT molecular complexity index is 1280. The highest BCUT2D eigenvalue weighted by Crippen LogP contribution is 2.33. The molecule has 0 spiro atoms. The summed E-state index contributed by atoms with van der Waals surface area (Å²) in [6.07, 6.45) is 0.0406. The molecule has 5 nitrogen and oxygen atoms in total. The van der Waals surface area contributed by atoms with Gasteiger partial charge in [-0.25, -0.2) is 4.39 Å². The average molecular weight is 459 g/mol. The van der Waals surface area contributed by atoms with Crippen molar-refractivity contribution in [1.82, 2.24) is 4.90 Å². The van der Waals surface area contributed by atoms with Gasteiger partial charge >= 0.3 is 0 Å². The lowest BCUT2D eigenvalue weighted by Gasteiger charge is -2.16. The second-order valence-corrected chi connectivity index (χ2v) is 8.65. The molecule has 0 fully saturated rings. The van der Waals surface area contributed by atoms with Gasteiger partial charge < -0.3 is 10.1 Å². The summed E-state index contributed by atoms with van der Waals surface area (Å²) in [7, 11) is 0. The molecule has 0 radical (unpaired) electrons. The van der Waals surface area contributed by atoms with Crippen LogP contribution in [-0.2, 0) is 16.1 Å². The summed E-state index contributed by atoms with van der Waals surface area (Å²) < 4.78 is 20.0. The van der Waals surface area contributed by atoms with Crippen molar-refractivity contribution in [3.8, 4) is 5.75 Å². The molecule has 174 valence electrons. The van der Waals surface area contributed by atoms with Crippen molar-refractivity contribution in [3.05, 3.63) is 100 Å². The Morgan fingerprint density at radius 2 is 1.62 bits per heavy atom. The number of carbonyl (C=O) groups is 2. The Labute approximate surface area is 198 Å². The molecule has 1 aliphatic rings. The maximum Gasteiger partial charge on any atom is 0.278 e. The molecular formula is C28H27FN2O3. The van der Waals surface area contributed by atoms with Crippen LogP contribution in [0.1, 0.15) is 36.1 Å². The number of rotatable bonds is 7. The first kappa shape index (κ1) is 23.2. The van der Waals surface area contributed by atoms with E-state index in [1.807, 2.05) is 45.9 Å². The quantitative estimate of drug-likeness (QED) is 0.467. The van der Waals surface area contributed by atoms with E-state index in [1.165, 1.54) is 6.07 Å². The number of anilines is 1. The van der Waals surface area contributed by atoms with Gasteiger partial charge in [0.1, 0.15) is 17.3 Å². The summed E-state index contributed by atoms with van der Waals surface area (Å²) in [6.45, 7) is 7.68. The number of nitrogens with zero attached hydrogens (tertiary/aromatic N) is 1. The van der Waals surface area contributed by atoms with Crippen molar-refractivity contribution in [2.75, 3.05) is 5.32 Å². The zero-order valence-corrected chi connectivity index (χ0v) is 19.7. The Hall–Kier alpha value is -3.93. The summed E-state index contributed by atoms with van der Waals surface area (Å²) in [5.74, 6) is -0.709. The van der Waals surface area contributed by atoms with Crippen LogP contribution in [0.25, 0.3) is 5.57 Å². The maximum atomic E-state index is 14.3. The van der Waals surface area contributed by atoms with Crippen LogP contribution < -0.4 is 10.1 Å². The van der Waals surface area contributed by atoms with Crippen LogP contribution in [0.15, 0.2) is 72.4 Å². The molecule has 0 unspecified atom stereocenters. The monoisotopic (exact) mass is 458 g/mol. The van der Waals surface area contributed by atoms with Gasteiger partial charge in [0.15, 0.2) is 0 Å². The molecule has 3 aromatic rings. The van der Waals surface area contributed by atoms with Gasteiger partial charge in [-0.05, 0) is 74.7 Å². The van der Waals surface area contributed by atoms with Crippen molar-refractivity contribution in [2.24, 2.45) is 0 Å². The Morgan fingerprint density at radius 3 is 2.26 bits per heavy atom. The van der Waals surface area contributed by atoms with Crippen LogP contribution >= 0.6 is 0 Å². The number of imide groups is 1. The molecule has 1 heterocycles. The second kappa shape index (κ2) is 9.51. The van der Waals surface area contributed by atoms with E-state index in [0.29, 0.717) is 17.0 Å². The summed E-state index contributed by atoms with van der Waals surface area (Å²) in [4.78, 5) is 28.0. The fraction of sp³-hybridized carbons (Fsp3) is 0.214. The zero-order chi connectivity index (χ0) is 24.4. The van der Waals surface area contributed by atoms with Crippen LogP contribution in [-0.4, -0.2) is 22.8 Å². The normalized spacial score (nSPS) is 13.8. The minimum Gasteiger partial charge on any atom is -0.491 e. The lowest BCUT2D eigenvalue weighted by molar-refractivity contribution is -0.137. The highest BCUT2D eigenvalue weighted by Gasteiger charge is 2.39. The second-order valence-electron chi connectivity index (χ2n) is 8.65. The van der Waals surface area contributed by atoms with Crippen molar-refractivity contribution in [2.45, 2.75) is 40.3 Å². The third-order valence-electron chi connectivity index (χ3n) is 5.75. The topological polar surface area (TPSA) is 58.6 Å². The number of benzene rings is 3. The largest absolute Gasteiger partial charge is 0.491 e. The Kier molecular flexibility index (Phi) is 6.50. The van der Waals surface area contributed by atoms with E-state index in [9.17, 15) is 14.0 Å². The first-order chi connectivity index (χ1) is 16.2. The van der Waals surface area contributed by atoms with Crippen LogP contribution in [0.2, 0.25) is 0 Å². The predicted molar refractivity (Wildman–Crippen MR) is 131 cm³/mol. The fourth-order valence-corrected chi connectivity index (χ4v) is 3.83. The third kappa shape index (κ3) is 4.71. The van der Waals surface area contributed by atoms with E-state index in [1.54, 1.807) is 42.5 Å². The molecule has 0 saturated heterocycles. The van der Waals surface area contributed by atoms with E-state index < -0.39 is 17.6 Å². The Balaban J connectivity index is 1.72. The van der Waals surface area contributed by atoms with Crippen LogP contribution in [0.5, 0.6) is 5.75 Å². The van der Waals surface area contributed by atoms with Crippen molar-refractivity contribution in [1.29, 1.82) is 0 Å². The van der Waals surface area contributed by atoms with Crippen LogP contribution in [0, 0.1) is 19.7 Å². The summed E-state index contributed by atoms with van der Waals surface area (Å²) >= 11 is 0. The fourth-order valence-electron chi connectivity index (χ4n) is 3.83. The lowest BCUT2D eigenvalue weighted by atomic mass is 9.99. The average Bonchev–Trinajstić information content (AvgIpc) is 3.02. The molecule has 4 rings (SSSR count). The van der Waals surface area contributed by atoms with Crippen molar-refractivity contribution < 1.29 is 18.7 Å². The molecule has 1 aliphatic heterocycles. The highest BCUT2D eigenvalue weighted by atomic mass is 19.1. The van der Waals surface area contributed by atoms with Gasteiger partial charge in [0, 0.05) is 11.3 Å². The number of ether oxygens (including phenoxy) is 1. The van der Waals surface area contributed by atoms with Gasteiger partial charge in [-0.2, -0.15) is 0 Å². The molecule has 0 aromatic heterocycles. The molecule has 0 atom stereocenters. The molecule has 3 aromatic carbocycles. The summed E-state index contributed by atoms with van der Waals surface area (Å²) in [5.41, 5.74) is 4.09. The number of aryl methyl sites for hydroxylation is 2. The minimum absolute atomic E-state index is 0.0406. The standard InChI is InChI=1S/C28H27FN2O3/c1-17(2)34-23-13-11-22(12-14-23)30-26-25(20-10-9-18(3)19(4)15-20)27(32)31(28(26)33)16-21-7-5-6-8-24(21)29/h5-15,17,30H,16H2,1-4H3. The molecule has 1 N–H and O–H groups in total. The van der Waals surface area contributed by atoms with E-state index in [2.05, 4.69) is 5.32 Å². The predicted octanol–water partition coefficient (Wildman–Crippen LogP) is 5.62. The van der Waals surface area contributed by atoms with Gasteiger partial charge in [-0.1, -0.05) is 36.4 Å². The van der Waals surface area contributed by atoms with E-state index >= 15 is 0 Å². The Morgan fingerprint density at radius 1 is 0.912 bits per heavy atom. The van der Waals surface area contributed by atoms with E-state index in [4.69, 9.17) is 4.74 Å². The number of hydrogen-bond acceptors (Lipinski definition) is 4. The van der Waals surface area contributed by atoms with Gasteiger partial charge in [0.2, 0.25) is 0 Å². The number of nitrogens with one attached hydrogen (secondary N) is 1. The molecule has 0 aliphatic carbocycles. The summed E-state index contributed by atoms with van der Waals surface area (Å²) in [5, 5.41) is 3.13. The zero-order valence-electron chi connectivity index (χ0n) is 19.7. The maximum absolute atomic E-state index is 14.3. The molecule has 0 saturated carbocycles. The molecule has 0 bridgehead atoms. The summed E-state index contributed by atoms with van der Waals surface area (Å²) in [6, 6.07) is 19.0. The molecular weight excluding hydrogens is 431 g/mol.